The predicted molar refractivity (Wildman–Crippen MR) is 127 cm³/mol. The van der Waals surface area contributed by atoms with Gasteiger partial charge in [0, 0.05) is 29.9 Å². The van der Waals surface area contributed by atoms with E-state index in [1.807, 2.05) is 24.3 Å². The summed E-state index contributed by atoms with van der Waals surface area (Å²) in [6, 6.07) is 22.0. The highest BCUT2D eigenvalue weighted by Gasteiger charge is 2.09. The van der Waals surface area contributed by atoms with Gasteiger partial charge in [0.15, 0.2) is 5.82 Å². The van der Waals surface area contributed by atoms with E-state index in [1.165, 1.54) is 12.1 Å². The molecule has 1 aromatic heterocycles. The Morgan fingerprint density at radius 2 is 1.76 bits per heavy atom. The Morgan fingerprint density at radius 1 is 0.971 bits per heavy atom. The molecule has 0 bridgehead atoms. The third kappa shape index (κ3) is 6.16. The van der Waals surface area contributed by atoms with Gasteiger partial charge in [-0.3, -0.25) is 4.79 Å². The Hall–Kier alpha value is -4.26. The van der Waals surface area contributed by atoms with E-state index in [1.54, 1.807) is 48.7 Å². The molecule has 0 spiro atoms. The normalized spacial score (nSPS) is 10.5. The fourth-order valence-electron chi connectivity index (χ4n) is 3.17. The number of nitrogens with one attached hydrogen (secondary N) is 1. The zero-order chi connectivity index (χ0) is 23.8. The van der Waals surface area contributed by atoms with Crippen molar-refractivity contribution < 1.29 is 18.7 Å². The average Bonchev–Trinajstić information content (AvgIpc) is 2.87. The minimum Gasteiger partial charge on any atom is -0.494 e. The second-order valence-electron chi connectivity index (χ2n) is 7.53. The summed E-state index contributed by atoms with van der Waals surface area (Å²) in [5.74, 6) is 1.47. The molecule has 0 aliphatic heterocycles. The molecule has 0 aliphatic carbocycles. The summed E-state index contributed by atoms with van der Waals surface area (Å²) in [5, 5.41) is 2.91. The smallest absolute Gasteiger partial charge is 0.251 e. The molecule has 4 aromatic rings. The zero-order valence-corrected chi connectivity index (χ0v) is 18.7. The highest BCUT2D eigenvalue weighted by molar-refractivity contribution is 5.94. The third-order valence-corrected chi connectivity index (χ3v) is 4.90. The SMILES string of the molecule is CCCOc1ccc(CNC(=O)c2cccc(Oc3ccnc(-c4ccc(F)cc4)n3)c2)cc1. The van der Waals surface area contributed by atoms with Gasteiger partial charge in [0.2, 0.25) is 5.88 Å². The highest BCUT2D eigenvalue weighted by Crippen LogP contribution is 2.23. The molecular weight excluding hydrogens is 433 g/mol. The average molecular weight is 458 g/mol. The first-order chi connectivity index (χ1) is 16.6. The lowest BCUT2D eigenvalue weighted by Crippen LogP contribution is -2.22. The predicted octanol–water partition coefficient (Wildman–Crippen LogP) is 5.79. The molecule has 0 saturated carbocycles. The van der Waals surface area contributed by atoms with Crippen LogP contribution in [0.25, 0.3) is 11.4 Å². The van der Waals surface area contributed by atoms with Gasteiger partial charge in [0.1, 0.15) is 17.3 Å². The van der Waals surface area contributed by atoms with Crippen LogP contribution in [0.3, 0.4) is 0 Å². The van der Waals surface area contributed by atoms with Crippen LogP contribution >= 0.6 is 0 Å². The van der Waals surface area contributed by atoms with E-state index in [0.29, 0.717) is 41.7 Å². The lowest BCUT2D eigenvalue weighted by atomic mass is 10.2. The van der Waals surface area contributed by atoms with Crippen LogP contribution in [0.4, 0.5) is 4.39 Å². The van der Waals surface area contributed by atoms with Gasteiger partial charge in [-0.2, -0.15) is 4.98 Å². The van der Waals surface area contributed by atoms with Crippen molar-refractivity contribution in [2.75, 3.05) is 6.61 Å². The quantitative estimate of drug-likeness (QED) is 0.344. The first-order valence-electron chi connectivity index (χ1n) is 11.0. The van der Waals surface area contributed by atoms with Crippen LogP contribution in [0, 0.1) is 5.82 Å². The maximum atomic E-state index is 13.2. The van der Waals surface area contributed by atoms with Crippen molar-refractivity contribution >= 4 is 5.91 Å². The lowest BCUT2D eigenvalue weighted by molar-refractivity contribution is 0.0950. The van der Waals surface area contributed by atoms with E-state index < -0.39 is 0 Å². The van der Waals surface area contributed by atoms with Gasteiger partial charge in [0.05, 0.1) is 6.61 Å². The Bertz CT molecular complexity index is 1240. The number of carbonyl (C=O) groups excluding carboxylic acids is 1. The zero-order valence-electron chi connectivity index (χ0n) is 18.7. The number of nitrogens with zero attached hydrogens (tertiary/aromatic N) is 2. The molecule has 3 aromatic carbocycles. The molecule has 1 N–H and O–H groups in total. The van der Waals surface area contributed by atoms with E-state index in [-0.39, 0.29) is 11.7 Å². The first-order valence-corrected chi connectivity index (χ1v) is 11.0. The second kappa shape index (κ2) is 11.0. The molecule has 0 aliphatic rings. The number of hydrogen-bond donors (Lipinski definition) is 1. The maximum absolute atomic E-state index is 13.2. The fourth-order valence-corrected chi connectivity index (χ4v) is 3.17. The van der Waals surface area contributed by atoms with E-state index in [4.69, 9.17) is 9.47 Å². The molecule has 0 saturated heterocycles. The van der Waals surface area contributed by atoms with Crippen LogP contribution in [-0.4, -0.2) is 22.5 Å². The van der Waals surface area contributed by atoms with E-state index in [0.717, 1.165) is 17.7 Å². The van der Waals surface area contributed by atoms with Gasteiger partial charge in [-0.25, -0.2) is 9.37 Å². The molecule has 1 heterocycles. The molecule has 6 nitrogen and oxygen atoms in total. The second-order valence-corrected chi connectivity index (χ2v) is 7.53. The first kappa shape index (κ1) is 22.9. The van der Waals surface area contributed by atoms with Gasteiger partial charge in [-0.05, 0) is 66.6 Å². The lowest BCUT2D eigenvalue weighted by Gasteiger charge is -2.09. The maximum Gasteiger partial charge on any atom is 0.251 e. The van der Waals surface area contributed by atoms with E-state index in [2.05, 4.69) is 22.2 Å². The largest absolute Gasteiger partial charge is 0.494 e. The minimum absolute atomic E-state index is 0.216. The molecule has 172 valence electrons. The number of ether oxygens (including phenoxy) is 2. The van der Waals surface area contributed by atoms with E-state index >= 15 is 0 Å². The van der Waals surface area contributed by atoms with Crippen LogP contribution in [0.5, 0.6) is 17.4 Å². The van der Waals surface area contributed by atoms with Crippen molar-refractivity contribution in [2.45, 2.75) is 19.9 Å². The number of halogens is 1. The molecule has 0 fully saturated rings. The van der Waals surface area contributed by atoms with Gasteiger partial charge < -0.3 is 14.8 Å². The fraction of sp³-hybridized carbons (Fsp3) is 0.148. The number of rotatable bonds is 9. The minimum atomic E-state index is -0.329. The van der Waals surface area contributed by atoms with E-state index in [9.17, 15) is 9.18 Å². The standard InChI is InChI=1S/C27H24FN3O3/c1-2-16-33-23-12-6-19(7-13-23)18-30-27(32)21-4-3-5-24(17-21)34-25-14-15-29-26(31-25)20-8-10-22(28)11-9-20/h3-15,17H,2,16,18H2,1H3,(H,30,32). The number of aromatic nitrogens is 2. The molecule has 1 amide bonds. The Balaban J connectivity index is 1.38. The molecule has 0 unspecified atom stereocenters. The van der Waals surface area contributed by atoms with Crippen LogP contribution in [0.2, 0.25) is 0 Å². The van der Waals surface area contributed by atoms with Crippen molar-refractivity contribution in [2.24, 2.45) is 0 Å². The third-order valence-electron chi connectivity index (χ3n) is 4.90. The molecule has 0 atom stereocenters. The summed E-state index contributed by atoms with van der Waals surface area (Å²) >= 11 is 0. The van der Waals surface area contributed by atoms with Crippen molar-refractivity contribution in [1.82, 2.24) is 15.3 Å². The Morgan fingerprint density at radius 3 is 2.53 bits per heavy atom. The van der Waals surface area contributed by atoms with Crippen molar-refractivity contribution in [3.8, 4) is 28.8 Å². The van der Waals surface area contributed by atoms with Crippen LogP contribution in [0.1, 0.15) is 29.3 Å². The number of benzene rings is 3. The Kier molecular flexibility index (Phi) is 7.45. The molecule has 7 heteroatoms. The molecule has 4 rings (SSSR count). The molecule has 34 heavy (non-hydrogen) atoms. The monoisotopic (exact) mass is 457 g/mol. The number of amides is 1. The topological polar surface area (TPSA) is 73.3 Å². The van der Waals surface area contributed by atoms with Crippen molar-refractivity contribution in [3.05, 3.63) is 102 Å². The van der Waals surface area contributed by atoms with Gasteiger partial charge in [-0.1, -0.05) is 25.1 Å². The summed E-state index contributed by atoms with van der Waals surface area (Å²) in [5.41, 5.74) is 2.11. The van der Waals surface area contributed by atoms with Crippen LogP contribution in [-0.2, 0) is 6.54 Å². The van der Waals surface area contributed by atoms with Gasteiger partial charge in [-0.15, -0.1) is 0 Å². The van der Waals surface area contributed by atoms with Gasteiger partial charge >= 0.3 is 0 Å². The summed E-state index contributed by atoms with van der Waals surface area (Å²) in [6.45, 7) is 3.13. The van der Waals surface area contributed by atoms with Gasteiger partial charge in [0.25, 0.3) is 5.91 Å². The summed E-state index contributed by atoms with van der Waals surface area (Å²) in [7, 11) is 0. The van der Waals surface area contributed by atoms with Crippen LogP contribution in [0.15, 0.2) is 85.1 Å². The number of carbonyl (C=O) groups is 1. The Labute approximate surface area is 197 Å². The molecular formula is C27H24FN3O3. The molecule has 0 radical (unpaired) electrons. The summed E-state index contributed by atoms with van der Waals surface area (Å²) in [6.07, 6.45) is 2.52. The van der Waals surface area contributed by atoms with Crippen LogP contribution < -0.4 is 14.8 Å². The number of hydrogen-bond acceptors (Lipinski definition) is 5. The summed E-state index contributed by atoms with van der Waals surface area (Å²) < 4.78 is 24.6. The summed E-state index contributed by atoms with van der Waals surface area (Å²) in [4.78, 5) is 21.2. The highest BCUT2D eigenvalue weighted by atomic mass is 19.1. The van der Waals surface area contributed by atoms with Crippen molar-refractivity contribution in [3.63, 3.8) is 0 Å². The van der Waals surface area contributed by atoms with Crippen molar-refractivity contribution in [1.29, 1.82) is 0 Å².